The minimum atomic E-state index is -1.33. The van der Waals surface area contributed by atoms with Crippen molar-refractivity contribution >= 4 is 24.6 Å². The van der Waals surface area contributed by atoms with E-state index in [1.807, 2.05) is 0 Å². The van der Waals surface area contributed by atoms with E-state index in [1.165, 1.54) is 7.11 Å². The van der Waals surface area contributed by atoms with E-state index in [9.17, 15) is 20.7 Å². The molecule has 0 bridgehead atoms. The summed E-state index contributed by atoms with van der Waals surface area (Å²) < 4.78 is 40.9. The lowest BCUT2D eigenvalue weighted by molar-refractivity contribution is -0.778. The first-order chi connectivity index (χ1) is 14.3. The van der Waals surface area contributed by atoms with Crippen LogP contribution in [0.5, 0.6) is 0 Å². The molecular formula is C14H24O14S2-2. The van der Waals surface area contributed by atoms with Gasteiger partial charge in [0.25, 0.3) is 0 Å². The van der Waals surface area contributed by atoms with E-state index < -0.39 is 61.2 Å². The van der Waals surface area contributed by atoms with Gasteiger partial charge in [0.05, 0.1) is 12.2 Å². The molecule has 0 aromatic carbocycles. The van der Waals surface area contributed by atoms with Gasteiger partial charge in [-0.3, -0.25) is 18.4 Å². The number of methoxy groups -OCH3 is 1. The summed E-state index contributed by atoms with van der Waals surface area (Å²) in [5.74, 6) is -0.528. The molecule has 2 saturated heterocycles. The average Bonchev–Trinajstić information content (AvgIpc) is 2.72. The molecule has 2 rings (SSSR count). The molecule has 2 heterocycles. The Balaban J connectivity index is 2.09. The van der Waals surface area contributed by atoms with Crippen molar-refractivity contribution in [2.75, 3.05) is 7.11 Å². The van der Waals surface area contributed by atoms with Crippen molar-refractivity contribution in [3.8, 4) is 0 Å². The predicted molar refractivity (Wildman–Crippen MR) is 91.0 cm³/mol. The first kappa shape index (κ1) is 26.4. The van der Waals surface area contributed by atoms with Gasteiger partial charge in [0.1, 0.15) is 30.5 Å². The standard InChI is InChI=1S/C14H26O14S2/c1-5-8(15)14(21-6(2)10(5)23-29-27-25-17)22-12-9(16)13(19-4)20-7(3)11(12)24-30-28-26-18/h5-18H,1-4H3/p-2/t5?,6?,7?,8?,9?,10-,11+,12-,13-,14+/m1/s1. The van der Waals surface area contributed by atoms with Crippen molar-refractivity contribution in [3.05, 3.63) is 0 Å². The summed E-state index contributed by atoms with van der Waals surface area (Å²) in [4.78, 5) is 0. The molecule has 10 atom stereocenters. The summed E-state index contributed by atoms with van der Waals surface area (Å²) in [6.45, 7) is 4.96. The second-order valence-corrected chi connectivity index (χ2v) is 7.56. The van der Waals surface area contributed by atoms with Crippen LogP contribution in [0, 0.1) is 5.92 Å². The maximum absolute atomic E-state index is 10.6. The Morgan fingerprint density at radius 1 is 0.767 bits per heavy atom. The maximum Gasteiger partial charge on any atom is 0.194 e. The number of ether oxygens (including phenoxy) is 4. The molecule has 5 unspecified atom stereocenters. The monoisotopic (exact) mass is 480 g/mol. The van der Waals surface area contributed by atoms with Gasteiger partial charge in [0.2, 0.25) is 0 Å². The summed E-state index contributed by atoms with van der Waals surface area (Å²) in [7, 11) is 1.34. The van der Waals surface area contributed by atoms with Crippen LogP contribution >= 0.6 is 24.6 Å². The molecule has 30 heavy (non-hydrogen) atoms. The van der Waals surface area contributed by atoms with Gasteiger partial charge < -0.3 is 39.7 Å². The third kappa shape index (κ3) is 6.58. The van der Waals surface area contributed by atoms with Crippen molar-refractivity contribution in [3.63, 3.8) is 0 Å². The predicted octanol–water partition coefficient (Wildman–Crippen LogP) is -1.79. The summed E-state index contributed by atoms with van der Waals surface area (Å²) in [6.07, 6.45) is -8.77. The molecule has 2 N–H and O–H groups in total. The van der Waals surface area contributed by atoms with Gasteiger partial charge in [0.15, 0.2) is 37.2 Å². The van der Waals surface area contributed by atoms with Gasteiger partial charge in [-0.05, 0) is 13.8 Å². The number of hydrogen-bond acceptors (Lipinski definition) is 16. The SMILES string of the molecule is CO[C@@H]1OC(C)[C@H](OSOO[O-])[C@H](O[C@@H]2OC(C)[C@H](OSOO[O-])C(C)C2O)C1O. The molecule has 16 heteroatoms. The highest BCUT2D eigenvalue weighted by Gasteiger charge is 2.50. The molecular weight excluding hydrogens is 456 g/mol. The van der Waals surface area contributed by atoms with E-state index in [1.54, 1.807) is 20.8 Å². The molecule has 0 radical (unpaired) electrons. The molecule has 0 spiro atoms. The fraction of sp³-hybridized carbons (Fsp3) is 1.00. The Bertz CT molecular complexity index is 492. The largest absolute Gasteiger partial charge is 0.691 e. The first-order valence-corrected chi connectivity index (χ1v) is 10.1. The lowest BCUT2D eigenvalue weighted by Gasteiger charge is -2.46. The van der Waals surface area contributed by atoms with Crippen LogP contribution in [0.3, 0.4) is 0 Å². The molecule has 0 aliphatic carbocycles. The molecule has 2 fully saturated rings. The van der Waals surface area contributed by atoms with E-state index in [0.29, 0.717) is 12.3 Å². The molecule has 0 aromatic rings. The van der Waals surface area contributed by atoms with E-state index in [-0.39, 0.29) is 12.3 Å². The molecule has 178 valence electrons. The van der Waals surface area contributed by atoms with Crippen molar-refractivity contribution in [2.45, 2.75) is 76.1 Å². The number of aliphatic hydroxyl groups is 2. The lowest BCUT2D eigenvalue weighted by Crippen LogP contribution is -2.62. The van der Waals surface area contributed by atoms with E-state index in [2.05, 4.69) is 18.7 Å². The minimum Gasteiger partial charge on any atom is -0.691 e. The Morgan fingerprint density at radius 2 is 1.30 bits per heavy atom. The topological polar surface area (TPSA) is 179 Å². The van der Waals surface area contributed by atoms with Crippen LogP contribution in [0.2, 0.25) is 0 Å². The van der Waals surface area contributed by atoms with E-state index in [0.717, 1.165) is 0 Å². The van der Waals surface area contributed by atoms with Crippen LogP contribution in [-0.2, 0) is 46.1 Å². The van der Waals surface area contributed by atoms with Gasteiger partial charge in [-0.25, -0.2) is 0 Å². The summed E-state index contributed by atoms with van der Waals surface area (Å²) >= 11 is 0.538. The van der Waals surface area contributed by atoms with Crippen LogP contribution in [0.15, 0.2) is 0 Å². The highest BCUT2D eigenvalue weighted by Crippen LogP contribution is 2.35. The Kier molecular flexibility index (Phi) is 11.4. The first-order valence-electron chi connectivity index (χ1n) is 8.78. The average molecular weight is 480 g/mol. The molecule has 2 aliphatic heterocycles. The van der Waals surface area contributed by atoms with Gasteiger partial charge in [-0.1, -0.05) is 6.92 Å². The molecule has 0 saturated carbocycles. The summed E-state index contributed by atoms with van der Waals surface area (Å²) in [6, 6.07) is 0. The van der Waals surface area contributed by atoms with Crippen molar-refractivity contribution in [1.29, 1.82) is 0 Å². The normalized spacial score (nSPS) is 42.4. The van der Waals surface area contributed by atoms with Crippen molar-refractivity contribution in [1.82, 2.24) is 0 Å². The van der Waals surface area contributed by atoms with Gasteiger partial charge in [-0.15, -0.1) is 8.67 Å². The van der Waals surface area contributed by atoms with Gasteiger partial charge in [0, 0.05) is 13.0 Å². The van der Waals surface area contributed by atoms with E-state index in [4.69, 9.17) is 27.3 Å². The van der Waals surface area contributed by atoms with Gasteiger partial charge >= 0.3 is 0 Å². The smallest absolute Gasteiger partial charge is 0.194 e. The second kappa shape index (κ2) is 13.0. The van der Waals surface area contributed by atoms with Gasteiger partial charge in [-0.2, -0.15) is 0 Å². The fourth-order valence-corrected chi connectivity index (χ4v) is 4.18. The third-order valence-electron chi connectivity index (χ3n) is 4.83. The Labute approximate surface area is 181 Å². The van der Waals surface area contributed by atoms with Crippen molar-refractivity contribution in [2.24, 2.45) is 5.92 Å². The van der Waals surface area contributed by atoms with Crippen LogP contribution in [0.25, 0.3) is 0 Å². The number of rotatable bonds is 11. The quantitative estimate of drug-likeness (QED) is 0.146. The lowest BCUT2D eigenvalue weighted by atomic mass is 9.91. The minimum absolute atomic E-state index is 0.230. The molecule has 0 amide bonds. The van der Waals surface area contributed by atoms with Crippen LogP contribution in [0.4, 0.5) is 0 Å². The molecule has 14 nitrogen and oxygen atoms in total. The van der Waals surface area contributed by atoms with Crippen molar-refractivity contribution < 1.29 is 66.8 Å². The Hall–Kier alpha value is 0.140. The summed E-state index contributed by atoms with van der Waals surface area (Å²) in [5.41, 5.74) is 0. The third-order valence-corrected chi connectivity index (χ3v) is 5.66. The van der Waals surface area contributed by atoms with Crippen LogP contribution < -0.4 is 10.5 Å². The zero-order chi connectivity index (χ0) is 22.3. The number of aliphatic hydroxyl groups excluding tert-OH is 2. The van der Waals surface area contributed by atoms with Crippen LogP contribution in [-0.4, -0.2) is 72.6 Å². The highest BCUT2D eigenvalue weighted by molar-refractivity contribution is 7.89. The maximum atomic E-state index is 10.6. The summed E-state index contributed by atoms with van der Waals surface area (Å²) in [5, 5.41) is 47.5. The number of hydrogen-bond donors (Lipinski definition) is 2. The zero-order valence-corrected chi connectivity index (χ0v) is 18.0. The molecule has 2 aliphatic rings. The molecule has 0 aromatic heterocycles. The highest BCUT2D eigenvalue weighted by atomic mass is 32.2. The second-order valence-electron chi connectivity index (χ2n) is 6.63. The van der Waals surface area contributed by atoms with E-state index >= 15 is 0 Å². The van der Waals surface area contributed by atoms with Crippen LogP contribution in [0.1, 0.15) is 20.8 Å². The zero-order valence-electron chi connectivity index (χ0n) is 16.4. The Morgan fingerprint density at radius 3 is 1.87 bits per heavy atom. The fourth-order valence-electron chi connectivity index (χ4n) is 3.29.